The highest BCUT2D eigenvalue weighted by Gasteiger charge is 2.65. The van der Waals surface area contributed by atoms with Crippen LogP contribution in [-0.4, -0.2) is 35.7 Å². The zero-order valence-electron chi connectivity index (χ0n) is 17.8. The second-order valence-electron chi connectivity index (χ2n) is 8.67. The molecule has 1 aliphatic carbocycles. The molecule has 2 N–H and O–H groups in total. The number of benzene rings is 1. The molecule has 0 bridgehead atoms. The first-order valence-corrected chi connectivity index (χ1v) is 10.2. The van der Waals surface area contributed by atoms with Crippen molar-refractivity contribution in [3.05, 3.63) is 52.6 Å². The minimum atomic E-state index is -1.75. The summed E-state index contributed by atoms with van der Waals surface area (Å²) in [4.78, 5) is 42.2. The molecule has 0 unspecified atom stereocenters. The van der Waals surface area contributed by atoms with Gasteiger partial charge in [-0.2, -0.15) is 0 Å². The van der Waals surface area contributed by atoms with Gasteiger partial charge in [0, 0.05) is 23.3 Å². The van der Waals surface area contributed by atoms with E-state index in [0.717, 1.165) is 0 Å². The monoisotopic (exact) mass is 420 g/mol. The van der Waals surface area contributed by atoms with Gasteiger partial charge in [0.05, 0.1) is 13.2 Å². The molecule has 1 amide bonds. The lowest BCUT2D eigenvalue weighted by atomic mass is 9.63. The lowest BCUT2D eigenvalue weighted by Crippen LogP contribution is -2.49. The summed E-state index contributed by atoms with van der Waals surface area (Å²) in [5.41, 5.74) is 5.09. The van der Waals surface area contributed by atoms with Crippen LogP contribution in [-0.2, 0) is 24.5 Å². The van der Waals surface area contributed by atoms with E-state index < -0.39 is 17.3 Å². The van der Waals surface area contributed by atoms with Gasteiger partial charge < -0.3 is 20.1 Å². The SMILES string of the molecule is C#CCN1C(=O)[C@]2(C(C(=O)OCC)=C(N)Oc3ccccc32)C2=C1CC(C)(C)CC2=O. The Morgan fingerprint density at radius 2 is 2.00 bits per heavy atom. The molecule has 2 heterocycles. The Kier molecular flexibility index (Phi) is 4.69. The van der Waals surface area contributed by atoms with E-state index in [2.05, 4.69) is 5.92 Å². The molecule has 0 aromatic heterocycles. The number of carbonyl (C=O) groups excluding carboxylic acids is 3. The zero-order valence-corrected chi connectivity index (χ0v) is 17.8. The molecule has 1 aromatic rings. The number of allylic oxidation sites excluding steroid dienone is 1. The molecule has 0 saturated heterocycles. The summed E-state index contributed by atoms with van der Waals surface area (Å²) < 4.78 is 11.0. The summed E-state index contributed by atoms with van der Waals surface area (Å²) >= 11 is 0. The van der Waals surface area contributed by atoms with Crippen LogP contribution in [0.2, 0.25) is 0 Å². The first kappa shape index (κ1) is 20.7. The number of amides is 1. The van der Waals surface area contributed by atoms with Crippen LogP contribution in [0.4, 0.5) is 0 Å². The number of nitrogens with two attached hydrogens (primary N) is 1. The van der Waals surface area contributed by atoms with Crippen LogP contribution in [0.15, 0.2) is 47.0 Å². The molecule has 160 valence electrons. The summed E-state index contributed by atoms with van der Waals surface area (Å²) in [5.74, 6) is 1.07. The van der Waals surface area contributed by atoms with Crippen LogP contribution in [0.5, 0.6) is 5.75 Å². The van der Waals surface area contributed by atoms with E-state index in [-0.39, 0.29) is 47.8 Å². The molecule has 0 radical (unpaired) electrons. The average molecular weight is 420 g/mol. The number of esters is 1. The van der Waals surface area contributed by atoms with Crippen molar-refractivity contribution in [1.29, 1.82) is 0 Å². The molecular formula is C24H24N2O5. The predicted molar refractivity (Wildman–Crippen MR) is 112 cm³/mol. The van der Waals surface area contributed by atoms with E-state index in [0.29, 0.717) is 23.4 Å². The quantitative estimate of drug-likeness (QED) is 0.594. The van der Waals surface area contributed by atoms with E-state index in [9.17, 15) is 14.4 Å². The summed E-state index contributed by atoms with van der Waals surface area (Å²) in [5, 5.41) is 0. The number of Topliss-reactive ketones (excluding diaryl/α,β-unsaturated/α-hetero) is 1. The van der Waals surface area contributed by atoms with Crippen LogP contribution < -0.4 is 10.5 Å². The number of nitrogens with zero attached hydrogens (tertiary/aromatic N) is 1. The van der Waals surface area contributed by atoms with E-state index >= 15 is 0 Å². The summed E-state index contributed by atoms with van der Waals surface area (Å²) in [6, 6.07) is 6.79. The number of fused-ring (bicyclic) bond motifs is 3. The maximum absolute atomic E-state index is 14.1. The number of terminal acetylenes is 1. The molecule has 7 nitrogen and oxygen atoms in total. The van der Waals surface area contributed by atoms with Crippen LogP contribution >= 0.6 is 0 Å². The highest BCUT2D eigenvalue weighted by Crippen LogP contribution is 2.57. The largest absolute Gasteiger partial charge is 0.462 e. The van der Waals surface area contributed by atoms with Gasteiger partial charge in [-0.3, -0.25) is 9.59 Å². The van der Waals surface area contributed by atoms with Crippen LogP contribution in [0.1, 0.15) is 39.2 Å². The summed E-state index contributed by atoms with van der Waals surface area (Å²) in [7, 11) is 0. The molecule has 4 rings (SSSR count). The van der Waals surface area contributed by atoms with E-state index in [1.165, 1.54) is 4.90 Å². The van der Waals surface area contributed by atoms with E-state index in [1.807, 2.05) is 13.8 Å². The molecule has 1 aromatic carbocycles. The van der Waals surface area contributed by atoms with Crippen molar-refractivity contribution in [2.75, 3.05) is 13.2 Å². The lowest BCUT2D eigenvalue weighted by molar-refractivity contribution is -0.142. The van der Waals surface area contributed by atoms with Crippen molar-refractivity contribution in [3.8, 4) is 18.1 Å². The normalized spacial score (nSPS) is 24.0. The third-order valence-electron chi connectivity index (χ3n) is 5.98. The fourth-order valence-corrected chi connectivity index (χ4v) is 4.93. The van der Waals surface area contributed by atoms with Crippen molar-refractivity contribution < 1.29 is 23.9 Å². The molecular weight excluding hydrogens is 396 g/mol. The molecule has 7 heteroatoms. The highest BCUT2D eigenvalue weighted by atomic mass is 16.5. The third-order valence-corrected chi connectivity index (χ3v) is 5.98. The smallest absolute Gasteiger partial charge is 0.341 e. The van der Waals surface area contributed by atoms with Gasteiger partial charge in [0.2, 0.25) is 11.8 Å². The topological polar surface area (TPSA) is 98.9 Å². The molecule has 1 spiro atoms. The fraction of sp³-hybridized carbons (Fsp3) is 0.375. The third kappa shape index (κ3) is 2.78. The van der Waals surface area contributed by atoms with Gasteiger partial charge in [-0.05, 0) is 24.8 Å². The van der Waals surface area contributed by atoms with Crippen molar-refractivity contribution in [2.24, 2.45) is 11.1 Å². The van der Waals surface area contributed by atoms with Crippen LogP contribution in [0.3, 0.4) is 0 Å². The Bertz CT molecular complexity index is 1120. The molecule has 2 aliphatic heterocycles. The molecule has 31 heavy (non-hydrogen) atoms. The lowest BCUT2D eigenvalue weighted by Gasteiger charge is -2.38. The van der Waals surface area contributed by atoms with Crippen LogP contribution in [0.25, 0.3) is 0 Å². The van der Waals surface area contributed by atoms with Crippen molar-refractivity contribution in [3.63, 3.8) is 0 Å². The van der Waals surface area contributed by atoms with Crippen LogP contribution in [0, 0.1) is 17.8 Å². The van der Waals surface area contributed by atoms with Gasteiger partial charge in [-0.15, -0.1) is 6.42 Å². The Hall–Kier alpha value is -3.53. The summed E-state index contributed by atoms with van der Waals surface area (Å²) in [6.07, 6.45) is 6.26. The second-order valence-corrected chi connectivity index (χ2v) is 8.67. The van der Waals surface area contributed by atoms with E-state index in [1.54, 1.807) is 31.2 Å². The number of ether oxygens (including phenoxy) is 2. The van der Waals surface area contributed by atoms with Crippen molar-refractivity contribution in [1.82, 2.24) is 4.90 Å². The first-order chi connectivity index (χ1) is 14.7. The zero-order chi connectivity index (χ0) is 22.6. The molecule has 3 aliphatic rings. The molecule has 0 fully saturated rings. The molecule has 1 atom stereocenters. The highest BCUT2D eigenvalue weighted by molar-refractivity contribution is 6.19. The average Bonchev–Trinajstić information content (AvgIpc) is 2.91. The van der Waals surface area contributed by atoms with Gasteiger partial charge >= 0.3 is 5.97 Å². The van der Waals surface area contributed by atoms with Crippen molar-refractivity contribution >= 4 is 17.7 Å². The minimum Gasteiger partial charge on any atom is -0.462 e. The minimum absolute atomic E-state index is 0.0260. The first-order valence-electron chi connectivity index (χ1n) is 10.2. The number of ketones is 1. The van der Waals surface area contributed by atoms with Gasteiger partial charge in [0.15, 0.2) is 5.78 Å². The van der Waals surface area contributed by atoms with Gasteiger partial charge in [0.1, 0.15) is 16.7 Å². The number of hydrogen-bond donors (Lipinski definition) is 1. The number of carbonyl (C=O) groups is 3. The maximum atomic E-state index is 14.1. The second kappa shape index (κ2) is 7.02. The number of para-hydroxylation sites is 1. The van der Waals surface area contributed by atoms with Crippen molar-refractivity contribution in [2.45, 2.75) is 39.0 Å². The maximum Gasteiger partial charge on any atom is 0.341 e. The Labute approximate surface area is 180 Å². The van der Waals surface area contributed by atoms with Gasteiger partial charge in [0.25, 0.3) is 0 Å². The Balaban J connectivity index is 2.11. The Morgan fingerprint density at radius 1 is 1.29 bits per heavy atom. The molecule has 0 saturated carbocycles. The summed E-state index contributed by atoms with van der Waals surface area (Å²) in [6.45, 7) is 5.63. The standard InChI is InChI=1S/C24H24N2O5/c1-5-11-26-15-12-23(3,4)13-16(27)18(15)24(22(26)29)14-9-7-8-10-17(14)31-20(25)19(24)21(28)30-6-2/h1,7-10H,6,11-13,25H2,2-4H3/t24-/m0/s1. The predicted octanol–water partition coefficient (Wildman–Crippen LogP) is 2.17. The Morgan fingerprint density at radius 3 is 2.68 bits per heavy atom. The van der Waals surface area contributed by atoms with E-state index in [4.69, 9.17) is 21.6 Å². The van der Waals surface area contributed by atoms with Gasteiger partial charge in [-0.1, -0.05) is 38.0 Å². The van der Waals surface area contributed by atoms with Gasteiger partial charge in [-0.25, -0.2) is 4.79 Å². The fourth-order valence-electron chi connectivity index (χ4n) is 4.93. The number of hydrogen-bond acceptors (Lipinski definition) is 6. The number of rotatable bonds is 3.